The summed E-state index contributed by atoms with van der Waals surface area (Å²) in [7, 11) is 0. The number of hydrogen-bond acceptors (Lipinski definition) is 3. The molecule has 2 N–H and O–H groups in total. The second-order valence-corrected chi connectivity index (χ2v) is 5.16. The van der Waals surface area contributed by atoms with E-state index in [0.29, 0.717) is 25.9 Å². The number of ether oxygens (including phenoxy) is 1. The van der Waals surface area contributed by atoms with Gasteiger partial charge in [-0.25, -0.2) is 4.79 Å². The largest absolute Gasteiger partial charge is 0.465 e. The van der Waals surface area contributed by atoms with Gasteiger partial charge in [-0.2, -0.15) is 0 Å². The number of aliphatic hydroxyl groups excluding tert-OH is 1. The molecule has 0 radical (unpaired) electrons. The fraction of sp³-hybridized carbons (Fsp3) is 0.278. The maximum Gasteiger partial charge on any atom is 0.407 e. The summed E-state index contributed by atoms with van der Waals surface area (Å²) >= 11 is 0. The molecule has 0 aliphatic rings. The zero-order chi connectivity index (χ0) is 16.5. The summed E-state index contributed by atoms with van der Waals surface area (Å²) in [6, 6.07) is 17.1. The molecule has 0 unspecified atom stereocenters. The van der Waals surface area contributed by atoms with E-state index in [1.54, 1.807) is 0 Å². The Balaban J connectivity index is 1.95. The highest BCUT2D eigenvalue weighted by atomic mass is 16.5. The van der Waals surface area contributed by atoms with Crippen molar-refractivity contribution in [1.29, 1.82) is 0 Å². The van der Waals surface area contributed by atoms with Crippen molar-refractivity contribution >= 4 is 6.09 Å². The molecule has 0 saturated carbocycles. The molecule has 1 amide bonds. The molecule has 5 heteroatoms. The van der Waals surface area contributed by atoms with Crippen LogP contribution in [0.5, 0.6) is 11.5 Å². The van der Waals surface area contributed by atoms with Crippen molar-refractivity contribution in [2.24, 2.45) is 0 Å². The molecule has 0 fully saturated rings. The van der Waals surface area contributed by atoms with Crippen molar-refractivity contribution in [2.75, 3.05) is 19.7 Å². The van der Waals surface area contributed by atoms with Gasteiger partial charge in [-0.15, -0.1) is 0 Å². The first-order valence-electron chi connectivity index (χ1n) is 7.59. The minimum atomic E-state index is -0.963. The lowest BCUT2D eigenvalue weighted by atomic mass is 10.1. The van der Waals surface area contributed by atoms with Gasteiger partial charge in [-0.1, -0.05) is 30.3 Å². The predicted octanol–water partition coefficient (Wildman–Crippen LogP) is 3.38. The second kappa shape index (κ2) is 8.80. The van der Waals surface area contributed by atoms with Crippen LogP contribution in [-0.2, 0) is 6.42 Å². The van der Waals surface area contributed by atoms with E-state index >= 15 is 0 Å². The Morgan fingerprint density at radius 3 is 2.43 bits per heavy atom. The molecule has 0 aliphatic carbocycles. The molecular weight excluding hydrogens is 294 g/mol. The van der Waals surface area contributed by atoms with Gasteiger partial charge in [0.1, 0.15) is 11.5 Å². The predicted molar refractivity (Wildman–Crippen MR) is 88.0 cm³/mol. The first-order chi connectivity index (χ1) is 11.2. The molecule has 0 heterocycles. The molecule has 0 atom stereocenters. The number of para-hydroxylation sites is 1. The zero-order valence-electron chi connectivity index (χ0n) is 12.9. The van der Waals surface area contributed by atoms with E-state index in [-0.39, 0.29) is 6.61 Å². The van der Waals surface area contributed by atoms with E-state index in [0.717, 1.165) is 17.1 Å². The lowest BCUT2D eigenvalue weighted by Crippen LogP contribution is -2.32. The number of aliphatic hydroxyl groups is 1. The highest BCUT2D eigenvalue weighted by Gasteiger charge is 2.11. The van der Waals surface area contributed by atoms with Crippen LogP contribution in [0.2, 0.25) is 0 Å². The summed E-state index contributed by atoms with van der Waals surface area (Å²) in [6.45, 7) is 0.723. The van der Waals surface area contributed by atoms with E-state index < -0.39 is 6.09 Å². The van der Waals surface area contributed by atoms with E-state index in [4.69, 9.17) is 14.9 Å². The molecule has 0 bridgehead atoms. The summed E-state index contributed by atoms with van der Waals surface area (Å²) in [6.07, 6.45) is 0.0860. The number of carboxylic acid groups (broad SMARTS) is 1. The van der Waals surface area contributed by atoms with Crippen LogP contribution in [0.15, 0.2) is 54.6 Å². The summed E-state index contributed by atoms with van der Waals surface area (Å²) in [5, 5.41) is 18.0. The summed E-state index contributed by atoms with van der Waals surface area (Å²) in [4.78, 5) is 12.5. The van der Waals surface area contributed by atoms with Gasteiger partial charge < -0.3 is 19.8 Å². The number of amides is 1. The van der Waals surface area contributed by atoms with Crippen LogP contribution in [0.1, 0.15) is 12.0 Å². The Labute approximate surface area is 135 Å². The van der Waals surface area contributed by atoms with Gasteiger partial charge in [-0.05, 0) is 42.7 Å². The number of carbonyl (C=O) groups is 1. The molecule has 0 saturated heterocycles. The van der Waals surface area contributed by atoms with Gasteiger partial charge in [0, 0.05) is 19.7 Å². The minimum absolute atomic E-state index is 0.00974. The topological polar surface area (TPSA) is 70.0 Å². The fourth-order valence-corrected chi connectivity index (χ4v) is 2.22. The molecule has 5 nitrogen and oxygen atoms in total. The van der Waals surface area contributed by atoms with Crippen LogP contribution >= 0.6 is 0 Å². The Kier molecular flexibility index (Phi) is 6.44. The Bertz CT molecular complexity index is 615. The average molecular weight is 315 g/mol. The standard InChI is InChI=1S/C18H21NO4/c20-13-5-11-19(18(21)22)12-10-15-6-4-9-17(14-15)23-16-7-2-1-3-8-16/h1-4,6-9,14,20H,5,10-13H2,(H,21,22). The number of benzene rings is 2. The Morgan fingerprint density at radius 1 is 1.00 bits per heavy atom. The molecule has 0 aliphatic heterocycles. The molecular formula is C18H21NO4. The average Bonchev–Trinajstić information content (AvgIpc) is 2.56. The van der Waals surface area contributed by atoms with Gasteiger partial charge in [0.2, 0.25) is 0 Å². The van der Waals surface area contributed by atoms with Crippen LogP contribution in [0.3, 0.4) is 0 Å². The maximum absolute atomic E-state index is 11.2. The third-order valence-corrected chi connectivity index (χ3v) is 3.40. The van der Waals surface area contributed by atoms with E-state index in [1.165, 1.54) is 4.90 Å². The highest BCUT2D eigenvalue weighted by Crippen LogP contribution is 2.22. The molecule has 122 valence electrons. The van der Waals surface area contributed by atoms with Crippen molar-refractivity contribution in [3.05, 3.63) is 60.2 Å². The van der Waals surface area contributed by atoms with Crippen LogP contribution < -0.4 is 4.74 Å². The Morgan fingerprint density at radius 2 is 1.74 bits per heavy atom. The second-order valence-electron chi connectivity index (χ2n) is 5.16. The smallest absolute Gasteiger partial charge is 0.407 e. The van der Waals surface area contributed by atoms with Crippen LogP contribution in [0.25, 0.3) is 0 Å². The third-order valence-electron chi connectivity index (χ3n) is 3.40. The number of hydrogen-bond donors (Lipinski definition) is 2. The van der Waals surface area contributed by atoms with E-state index in [2.05, 4.69) is 0 Å². The first kappa shape index (κ1) is 16.8. The quantitative estimate of drug-likeness (QED) is 0.783. The molecule has 0 spiro atoms. The SMILES string of the molecule is O=C(O)N(CCCO)CCc1cccc(Oc2ccccc2)c1. The van der Waals surface area contributed by atoms with E-state index in [1.807, 2.05) is 54.6 Å². The molecule has 23 heavy (non-hydrogen) atoms. The van der Waals surface area contributed by atoms with E-state index in [9.17, 15) is 4.79 Å². The van der Waals surface area contributed by atoms with Gasteiger partial charge >= 0.3 is 6.09 Å². The third kappa shape index (κ3) is 5.64. The normalized spacial score (nSPS) is 10.3. The fourth-order valence-electron chi connectivity index (χ4n) is 2.22. The van der Waals surface area contributed by atoms with Crippen LogP contribution in [0.4, 0.5) is 4.79 Å². The van der Waals surface area contributed by atoms with Gasteiger partial charge in [0.25, 0.3) is 0 Å². The van der Waals surface area contributed by atoms with Crippen molar-refractivity contribution in [1.82, 2.24) is 4.90 Å². The Hall–Kier alpha value is -2.53. The molecule has 2 rings (SSSR count). The lowest BCUT2D eigenvalue weighted by Gasteiger charge is -2.18. The van der Waals surface area contributed by atoms with Gasteiger partial charge in [0.15, 0.2) is 0 Å². The molecule has 2 aromatic rings. The summed E-state index contributed by atoms with van der Waals surface area (Å²) in [5.74, 6) is 1.49. The van der Waals surface area contributed by atoms with Crippen molar-refractivity contribution in [3.8, 4) is 11.5 Å². The maximum atomic E-state index is 11.2. The van der Waals surface area contributed by atoms with Crippen molar-refractivity contribution < 1.29 is 19.7 Å². The van der Waals surface area contributed by atoms with Crippen LogP contribution in [0, 0.1) is 0 Å². The van der Waals surface area contributed by atoms with Crippen molar-refractivity contribution in [3.63, 3.8) is 0 Å². The lowest BCUT2D eigenvalue weighted by molar-refractivity contribution is 0.141. The number of rotatable bonds is 8. The summed E-state index contributed by atoms with van der Waals surface area (Å²) in [5.41, 5.74) is 1.01. The summed E-state index contributed by atoms with van der Waals surface area (Å²) < 4.78 is 5.78. The number of nitrogens with zero attached hydrogens (tertiary/aromatic N) is 1. The molecule has 2 aromatic carbocycles. The van der Waals surface area contributed by atoms with Gasteiger partial charge in [-0.3, -0.25) is 0 Å². The van der Waals surface area contributed by atoms with Crippen molar-refractivity contribution in [2.45, 2.75) is 12.8 Å². The monoisotopic (exact) mass is 315 g/mol. The zero-order valence-corrected chi connectivity index (χ0v) is 12.9. The highest BCUT2D eigenvalue weighted by molar-refractivity contribution is 5.64. The minimum Gasteiger partial charge on any atom is -0.465 e. The molecule has 0 aromatic heterocycles. The first-order valence-corrected chi connectivity index (χ1v) is 7.59. The van der Waals surface area contributed by atoms with Gasteiger partial charge in [0.05, 0.1) is 0 Å². The van der Waals surface area contributed by atoms with Crippen LogP contribution in [-0.4, -0.2) is 40.9 Å².